The van der Waals surface area contributed by atoms with Crippen LogP contribution in [0, 0.1) is 0 Å². The van der Waals surface area contributed by atoms with Crippen LogP contribution in [0.2, 0.25) is 0 Å². The summed E-state index contributed by atoms with van der Waals surface area (Å²) in [5.41, 5.74) is 4.76. The van der Waals surface area contributed by atoms with Gasteiger partial charge in [0.2, 0.25) is 0 Å². The van der Waals surface area contributed by atoms with Crippen molar-refractivity contribution in [3.05, 3.63) is 155 Å². The van der Waals surface area contributed by atoms with Crippen LogP contribution in [-0.4, -0.2) is 68.7 Å². The van der Waals surface area contributed by atoms with Gasteiger partial charge in [-0.3, -0.25) is 8.47 Å². The summed E-state index contributed by atoms with van der Waals surface area (Å²) in [6.45, 7) is 16.0. The Balaban J connectivity index is 1.25. The molecule has 10 aromatic rings. The molecule has 0 saturated heterocycles. The van der Waals surface area contributed by atoms with Gasteiger partial charge in [0, 0.05) is 56.7 Å². The quantitative estimate of drug-likeness (QED) is 0.0450. The highest BCUT2D eigenvalue weighted by molar-refractivity contribution is 6.66. The first-order chi connectivity index (χ1) is 42.9. The van der Waals surface area contributed by atoms with Crippen LogP contribution in [0.4, 0.5) is 11.6 Å². The third-order valence-corrected chi connectivity index (χ3v) is 20.7. The monoisotopic (exact) mass is 1180 g/mol. The van der Waals surface area contributed by atoms with E-state index in [0.717, 1.165) is 199 Å². The average Bonchev–Trinajstić information content (AvgIpc) is 1.56. The molecule has 0 saturated carbocycles. The fourth-order valence-electron chi connectivity index (χ4n) is 13.1. The maximum absolute atomic E-state index is 8.10. The van der Waals surface area contributed by atoms with Crippen LogP contribution in [0.1, 0.15) is 153 Å². The predicted molar refractivity (Wildman–Crippen MR) is 355 cm³/mol. The first-order valence-electron chi connectivity index (χ1n) is 32.2. The number of nitrogens with one attached hydrogen (secondary N) is 2. The van der Waals surface area contributed by atoms with Gasteiger partial charge in [-0.05, 0) is 84.3 Å². The highest BCUT2D eigenvalue weighted by Crippen LogP contribution is 2.52. The molecule has 2 atom stereocenters. The second kappa shape index (κ2) is 24.1. The second-order valence-electron chi connectivity index (χ2n) is 23.5. The molecule has 2 aromatic heterocycles. The maximum Gasteiger partial charge on any atom is 0.603 e. The van der Waals surface area contributed by atoms with Crippen molar-refractivity contribution in [3.63, 3.8) is 0 Å². The average molecular weight is 1180 g/mol. The molecule has 8 aromatic carbocycles. The van der Waals surface area contributed by atoms with Crippen molar-refractivity contribution >= 4 is 96.8 Å². The van der Waals surface area contributed by atoms with Gasteiger partial charge in [-0.25, -0.2) is 20.0 Å². The van der Waals surface area contributed by atoms with Gasteiger partial charge >= 0.3 is 8.88 Å². The Hall–Kier alpha value is -8.24. The van der Waals surface area contributed by atoms with E-state index in [-0.39, 0.29) is 0 Å². The van der Waals surface area contributed by atoms with Crippen molar-refractivity contribution in [3.8, 4) is 23.0 Å². The minimum absolute atomic E-state index is 0.371. The van der Waals surface area contributed by atoms with Crippen molar-refractivity contribution in [2.24, 2.45) is 20.0 Å². The van der Waals surface area contributed by atoms with Gasteiger partial charge in [0.1, 0.15) is 57.6 Å². The summed E-state index contributed by atoms with van der Waals surface area (Å²) in [5, 5.41) is 19.9. The highest BCUT2D eigenvalue weighted by atomic mass is 28.4. The lowest BCUT2D eigenvalue weighted by molar-refractivity contribution is 0.144. The highest BCUT2D eigenvalue weighted by Gasteiger charge is 2.54. The van der Waals surface area contributed by atoms with E-state index in [1.165, 1.54) is 0 Å². The minimum atomic E-state index is -4.50. The van der Waals surface area contributed by atoms with E-state index < -0.39 is 21.2 Å². The molecule has 0 spiro atoms. The molecule has 14 rings (SSSR count). The van der Waals surface area contributed by atoms with Crippen molar-refractivity contribution in [1.29, 1.82) is 0 Å². The molecule has 15 heteroatoms. The number of aliphatic imine (C=N–C) groups is 2. The van der Waals surface area contributed by atoms with Crippen LogP contribution in [0.15, 0.2) is 141 Å². The summed E-state index contributed by atoms with van der Waals surface area (Å²) < 4.78 is 49.6. The van der Waals surface area contributed by atoms with E-state index in [1.807, 2.05) is 0 Å². The number of aromatic nitrogens is 2. The zero-order valence-electron chi connectivity index (χ0n) is 51.1. The lowest BCUT2D eigenvalue weighted by atomic mass is 9.98. The molecule has 2 N–H and O–H groups in total. The molecule has 446 valence electrons. The standard InChI is InChI=1S/C72H78N8O6Si/c1-7-13-35-81-61-49-31-23-19-27-45(49)41-53-57(61)67-73-65(53)75-71-60-56(44-48-30-22-26-34-52(48)64(60)84-38-16-10-4)70-78-68-58-54(42-46-28-20-24-32-50(46)62(58)82-36-14-8-2)66(74-68)76-72-59-55(43-47-29-21-25-33-51(47)63(59)83-37-15-9-3)69(77-67)79(72)87(80(70)71,85-39-17-11-5)86-40-18-12-6/h19-34,41-44,65-66,75H,7-18,35-40H2,1-6H3,(H,74,78). The Kier molecular flexibility index (Phi) is 15.7. The molecule has 0 amide bonds. The maximum atomic E-state index is 8.10. The molecule has 14 nitrogen and oxygen atoms in total. The van der Waals surface area contributed by atoms with E-state index in [4.69, 9.17) is 47.8 Å². The summed E-state index contributed by atoms with van der Waals surface area (Å²) in [4.78, 5) is 23.8. The van der Waals surface area contributed by atoms with E-state index in [1.54, 1.807) is 0 Å². The molecular weight excluding hydrogens is 1100 g/mol. The molecule has 4 aliphatic heterocycles. The smallest absolute Gasteiger partial charge is 0.492 e. The Morgan fingerprint density at radius 3 is 1.44 bits per heavy atom. The fourth-order valence-corrected chi connectivity index (χ4v) is 16.5. The third-order valence-electron chi connectivity index (χ3n) is 17.5. The number of benzene rings is 8. The summed E-state index contributed by atoms with van der Waals surface area (Å²) in [6, 6.07) is 43.2. The number of anilines is 2. The fraction of sp³-hybridized carbons (Fsp3) is 0.361. The minimum Gasteiger partial charge on any atom is -0.492 e. The van der Waals surface area contributed by atoms with Crippen LogP contribution >= 0.6 is 0 Å². The lowest BCUT2D eigenvalue weighted by Gasteiger charge is -2.35. The SMILES string of the molecule is CCCCOc1c2c(cc3ccccc13)C1N=C2Nc2c3cc4ccccc4c(OCCCC)c3c3n2[Si](OCCCC)(OCCCC)n2c(c4cc5ccccc5c(OCCCC)c4c2=N1)=NC1=NC(N3)c2cc3ccccc3c(OCCCC)c21. The van der Waals surface area contributed by atoms with Crippen molar-refractivity contribution in [2.45, 2.75) is 131 Å². The number of ether oxygens (including phenoxy) is 4. The Bertz CT molecular complexity index is 4500. The van der Waals surface area contributed by atoms with Crippen molar-refractivity contribution < 1.29 is 27.8 Å². The first kappa shape index (κ1) is 56.6. The van der Waals surface area contributed by atoms with Gasteiger partial charge < -0.3 is 38.4 Å². The zero-order valence-corrected chi connectivity index (χ0v) is 52.1. The van der Waals surface area contributed by atoms with E-state index in [9.17, 15) is 0 Å². The predicted octanol–water partition coefficient (Wildman–Crippen LogP) is 16.4. The third kappa shape index (κ3) is 9.59. The van der Waals surface area contributed by atoms with E-state index >= 15 is 0 Å². The Morgan fingerprint density at radius 2 is 0.885 bits per heavy atom. The van der Waals surface area contributed by atoms with Crippen LogP contribution in [0.25, 0.3) is 64.6 Å². The molecule has 4 aliphatic rings. The van der Waals surface area contributed by atoms with Crippen LogP contribution in [0.3, 0.4) is 0 Å². The molecule has 6 bridgehead atoms. The topological polar surface area (TPSA) is 139 Å². The first-order valence-corrected chi connectivity index (χ1v) is 33.9. The number of rotatable bonds is 24. The summed E-state index contributed by atoms with van der Waals surface area (Å²) in [5.74, 6) is 5.62. The lowest BCUT2D eigenvalue weighted by Crippen LogP contribution is -2.64. The number of nitrogens with zero attached hydrogens (tertiary/aromatic N) is 6. The van der Waals surface area contributed by atoms with Crippen LogP contribution in [-0.2, 0) is 8.85 Å². The van der Waals surface area contributed by atoms with E-state index in [2.05, 4.69) is 182 Å². The molecular formula is C72H78N8O6Si. The molecule has 0 aliphatic carbocycles. The number of hydrogen-bond acceptors (Lipinski definition) is 12. The largest absolute Gasteiger partial charge is 0.603 e. The summed E-state index contributed by atoms with van der Waals surface area (Å²) >= 11 is 0. The van der Waals surface area contributed by atoms with E-state index in [0.29, 0.717) is 62.3 Å². The number of hydrogen-bond donors (Lipinski definition) is 2. The van der Waals surface area contributed by atoms with Crippen LogP contribution < -0.4 is 40.6 Å². The van der Waals surface area contributed by atoms with Gasteiger partial charge in [0.05, 0.1) is 48.3 Å². The number of amidine groups is 2. The molecule has 0 fully saturated rings. The molecule has 2 unspecified atom stereocenters. The van der Waals surface area contributed by atoms with Crippen molar-refractivity contribution in [1.82, 2.24) is 8.47 Å². The van der Waals surface area contributed by atoms with Crippen molar-refractivity contribution in [2.75, 3.05) is 50.3 Å². The molecule has 87 heavy (non-hydrogen) atoms. The van der Waals surface area contributed by atoms with Gasteiger partial charge in [-0.2, -0.15) is 0 Å². The Morgan fingerprint density at radius 1 is 0.425 bits per heavy atom. The van der Waals surface area contributed by atoms with Gasteiger partial charge in [0.25, 0.3) is 0 Å². The molecule has 6 heterocycles. The zero-order chi connectivity index (χ0) is 59.2. The normalized spacial score (nSPS) is 16.1. The van der Waals surface area contributed by atoms with Gasteiger partial charge in [-0.15, -0.1) is 0 Å². The second-order valence-corrected chi connectivity index (χ2v) is 26.0. The molecule has 0 radical (unpaired) electrons. The summed E-state index contributed by atoms with van der Waals surface area (Å²) in [6.07, 6.45) is 9.21. The Labute approximate surface area is 509 Å². The van der Waals surface area contributed by atoms with Gasteiger partial charge in [-0.1, -0.05) is 177 Å². The number of unbranched alkanes of at least 4 members (excludes halogenated alkanes) is 6. The summed E-state index contributed by atoms with van der Waals surface area (Å²) in [7, 11) is -4.50. The number of fused-ring (bicyclic) bond motifs is 18. The van der Waals surface area contributed by atoms with Gasteiger partial charge in [0.15, 0.2) is 12.0 Å². The van der Waals surface area contributed by atoms with Crippen LogP contribution in [0.5, 0.6) is 23.0 Å².